The predicted octanol–water partition coefficient (Wildman–Crippen LogP) is 2.44. The molecule has 0 atom stereocenters. The maximum atomic E-state index is 10.9. The van der Waals surface area contributed by atoms with E-state index >= 15 is 0 Å². The molecule has 0 aliphatic carbocycles. The Morgan fingerprint density at radius 3 is 2.63 bits per heavy atom. The van der Waals surface area contributed by atoms with Crippen LogP contribution in [0.1, 0.15) is 25.0 Å². The van der Waals surface area contributed by atoms with Crippen LogP contribution in [0.2, 0.25) is 0 Å². The molecule has 2 rings (SSSR count). The van der Waals surface area contributed by atoms with E-state index in [-0.39, 0.29) is 6.61 Å². The van der Waals surface area contributed by atoms with Crippen LogP contribution in [0.25, 0.3) is 0 Å². The second kappa shape index (κ2) is 12.4. The molecule has 2 aromatic rings. The Bertz CT molecular complexity index is 838. The zero-order chi connectivity index (χ0) is 21.8. The van der Waals surface area contributed by atoms with Crippen molar-refractivity contribution in [3.8, 4) is 5.75 Å². The summed E-state index contributed by atoms with van der Waals surface area (Å²) in [5.74, 6) is 0.876. The quantitative estimate of drug-likeness (QED) is 0.390. The average molecular weight is 412 g/mol. The first-order valence-corrected chi connectivity index (χ1v) is 10.4. The van der Waals surface area contributed by atoms with Gasteiger partial charge in [-0.15, -0.1) is 0 Å². The maximum Gasteiger partial charge on any atom is 0.255 e. The molecule has 4 N–H and O–H groups in total. The fourth-order valence-corrected chi connectivity index (χ4v) is 3.00. The number of anilines is 1. The standard InChI is InChI=1S/C23H33N5O2/c1-4-25-23(26-12-13-28(5-2)20-10-6-8-18(3)14-20)27-16-19-9-7-11-21(15-19)30-17-22(24)29/h6-11,14-15H,4-5,12-13,16-17H2,1-3H3,(H2,24,29)(H2,25,26,27). The van der Waals surface area contributed by atoms with Crippen LogP contribution in [-0.4, -0.2) is 44.7 Å². The number of amides is 1. The number of nitrogens with one attached hydrogen (secondary N) is 2. The third-order valence-corrected chi connectivity index (χ3v) is 4.47. The molecule has 0 fully saturated rings. The Labute approximate surface area is 179 Å². The molecular weight excluding hydrogens is 378 g/mol. The Morgan fingerprint density at radius 2 is 1.93 bits per heavy atom. The Morgan fingerprint density at radius 1 is 1.13 bits per heavy atom. The number of aryl methyl sites for hydroxylation is 1. The summed E-state index contributed by atoms with van der Waals surface area (Å²) in [6.45, 7) is 10.1. The van der Waals surface area contributed by atoms with Crippen LogP contribution < -0.4 is 26.0 Å². The number of carbonyl (C=O) groups excluding carboxylic acids is 1. The van der Waals surface area contributed by atoms with Gasteiger partial charge in [-0.3, -0.25) is 4.79 Å². The van der Waals surface area contributed by atoms with Crippen molar-refractivity contribution in [2.45, 2.75) is 27.3 Å². The van der Waals surface area contributed by atoms with Crippen LogP contribution in [-0.2, 0) is 11.3 Å². The lowest BCUT2D eigenvalue weighted by molar-refractivity contribution is -0.119. The topological polar surface area (TPSA) is 92.0 Å². The van der Waals surface area contributed by atoms with Crippen LogP contribution in [0, 0.1) is 6.92 Å². The van der Waals surface area contributed by atoms with Crippen molar-refractivity contribution in [3.05, 3.63) is 59.7 Å². The van der Waals surface area contributed by atoms with E-state index in [1.807, 2.05) is 25.1 Å². The Hall–Kier alpha value is -3.22. The molecule has 2 aromatic carbocycles. The van der Waals surface area contributed by atoms with Gasteiger partial charge in [-0.2, -0.15) is 0 Å². The third-order valence-electron chi connectivity index (χ3n) is 4.47. The predicted molar refractivity (Wildman–Crippen MR) is 123 cm³/mol. The first-order valence-electron chi connectivity index (χ1n) is 10.4. The molecule has 1 amide bonds. The fourth-order valence-electron chi connectivity index (χ4n) is 3.00. The summed E-state index contributed by atoms with van der Waals surface area (Å²) in [7, 11) is 0. The van der Waals surface area contributed by atoms with Crippen molar-refractivity contribution >= 4 is 17.6 Å². The number of likely N-dealkylation sites (N-methyl/N-ethyl adjacent to an activating group) is 1. The van der Waals surface area contributed by atoms with Gasteiger partial charge in [-0.05, 0) is 56.2 Å². The SMILES string of the molecule is CCNC(=NCc1cccc(OCC(N)=O)c1)NCCN(CC)c1cccc(C)c1. The largest absolute Gasteiger partial charge is 0.484 e. The second-order valence-corrected chi connectivity index (χ2v) is 6.94. The molecule has 0 aromatic heterocycles. The van der Waals surface area contributed by atoms with Crippen molar-refractivity contribution < 1.29 is 9.53 Å². The van der Waals surface area contributed by atoms with E-state index in [1.54, 1.807) is 6.07 Å². The molecule has 0 aliphatic heterocycles. The lowest BCUT2D eigenvalue weighted by atomic mass is 10.2. The molecule has 0 spiro atoms. The van der Waals surface area contributed by atoms with Crippen molar-refractivity contribution in [1.29, 1.82) is 0 Å². The van der Waals surface area contributed by atoms with Crippen molar-refractivity contribution in [2.75, 3.05) is 37.7 Å². The summed E-state index contributed by atoms with van der Waals surface area (Å²) >= 11 is 0. The number of ether oxygens (including phenoxy) is 1. The molecular formula is C23H33N5O2. The van der Waals surface area contributed by atoms with Gasteiger partial charge in [0.1, 0.15) is 5.75 Å². The summed E-state index contributed by atoms with van der Waals surface area (Å²) in [5, 5.41) is 6.68. The number of nitrogens with two attached hydrogens (primary N) is 1. The zero-order valence-electron chi connectivity index (χ0n) is 18.1. The van der Waals surface area contributed by atoms with E-state index in [0.717, 1.165) is 37.7 Å². The Kier molecular flexibility index (Phi) is 9.51. The van der Waals surface area contributed by atoms with Gasteiger partial charge in [0, 0.05) is 31.9 Å². The Balaban J connectivity index is 1.92. The minimum Gasteiger partial charge on any atom is -0.484 e. The van der Waals surface area contributed by atoms with Crippen LogP contribution >= 0.6 is 0 Å². The fraction of sp³-hybridized carbons (Fsp3) is 0.391. The lowest BCUT2D eigenvalue weighted by Crippen LogP contribution is -2.41. The summed E-state index contributed by atoms with van der Waals surface area (Å²) in [6, 6.07) is 16.1. The number of nitrogens with zero attached hydrogens (tertiary/aromatic N) is 2. The molecule has 162 valence electrons. The third kappa shape index (κ3) is 8.03. The van der Waals surface area contributed by atoms with Crippen LogP contribution in [0.3, 0.4) is 0 Å². The molecule has 0 radical (unpaired) electrons. The van der Waals surface area contributed by atoms with Crippen molar-refractivity contribution in [3.63, 3.8) is 0 Å². The number of rotatable bonds is 11. The normalized spacial score (nSPS) is 11.1. The maximum absolute atomic E-state index is 10.9. The summed E-state index contributed by atoms with van der Waals surface area (Å²) in [5.41, 5.74) is 8.61. The highest BCUT2D eigenvalue weighted by molar-refractivity contribution is 5.79. The summed E-state index contributed by atoms with van der Waals surface area (Å²) in [4.78, 5) is 17.9. The molecule has 0 unspecified atom stereocenters. The smallest absolute Gasteiger partial charge is 0.255 e. The van der Waals surface area contributed by atoms with Crippen LogP contribution in [0.5, 0.6) is 5.75 Å². The number of hydrogen-bond acceptors (Lipinski definition) is 4. The van der Waals surface area contributed by atoms with Gasteiger partial charge in [0.25, 0.3) is 5.91 Å². The van der Waals surface area contributed by atoms with E-state index in [1.165, 1.54) is 11.3 Å². The van der Waals surface area contributed by atoms with Crippen molar-refractivity contribution in [2.24, 2.45) is 10.7 Å². The monoisotopic (exact) mass is 411 g/mol. The molecule has 30 heavy (non-hydrogen) atoms. The summed E-state index contributed by atoms with van der Waals surface area (Å²) < 4.78 is 5.36. The van der Waals surface area contributed by atoms with Gasteiger partial charge in [0.05, 0.1) is 6.54 Å². The zero-order valence-corrected chi connectivity index (χ0v) is 18.1. The first-order chi connectivity index (χ1) is 14.5. The van der Waals surface area contributed by atoms with E-state index in [4.69, 9.17) is 10.5 Å². The molecule has 7 nitrogen and oxygen atoms in total. The minimum atomic E-state index is -0.496. The molecule has 0 saturated carbocycles. The molecule has 7 heteroatoms. The van der Waals surface area contributed by atoms with E-state index in [0.29, 0.717) is 12.3 Å². The molecule has 0 saturated heterocycles. The molecule has 0 aliphatic rings. The van der Waals surface area contributed by atoms with E-state index in [2.05, 4.69) is 58.6 Å². The number of guanidine groups is 1. The van der Waals surface area contributed by atoms with Crippen molar-refractivity contribution in [1.82, 2.24) is 10.6 Å². The minimum absolute atomic E-state index is 0.133. The second-order valence-electron chi connectivity index (χ2n) is 6.94. The lowest BCUT2D eigenvalue weighted by Gasteiger charge is -2.24. The van der Waals surface area contributed by atoms with Gasteiger partial charge >= 0.3 is 0 Å². The van der Waals surface area contributed by atoms with Crippen LogP contribution in [0.4, 0.5) is 5.69 Å². The van der Waals surface area contributed by atoms with Gasteiger partial charge in [0.15, 0.2) is 12.6 Å². The first kappa shape index (κ1) is 23.1. The van der Waals surface area contributed by atoms with Gasteiger partial charge in [-0.1, -0.05) is 24.3 Å². The van der Waals surface area contributed by atoms with E-state index < -0.39 is 5.91 Å². The number of hydrogen-bond donors (Lipinski definition) is 3. The number of aliphatic imine (C=N–C) groups is 1. The highest BCUT2D eigenvalue weighted by Gasteiger charge is 2.05. The highest BCUT2D eigenvalue weighted by Crippen LogP contribution is 2.15. The molecule has 0 bridgehead atoms. The molecule has 0 heterocycles. The van der Waals surface area contributed by atoms with Gasteiger partial charge in [0.2, 0.25) is 0 Å². The van der Waals surface area contributed by atoms with E-state index in [9.17, 15) is 4.79 Å². The highest BCUT2D eigenvalue weighted by atomic mass is 16.5. The number of carbonyl (C=O) groups is 1. The number of benzene rings is 2. The van der Waals surface area contributed by atoms with Gasteiger partial charge < -0.3 is 26.0 Å². The average Bonchev–Trinajstić information content (AvgIpc) is 2.74. The van der Waals surface area contributed by atoms with Gasteiger partial charge in [-0.25, -0.2) is 4.99 Å². The van der Waals surface area contributed by atoms with Crippen LogP contribution in [0.15, 0.2) is 53.5 Å². The number of primary amides is 1. The summed E-state index contributed by atoms with van der Waals surface area (Å²) in [6.07, 6.45) is 0.